The van der Waals surface area contributed by atoms with Gasteiger partial charge < -0.3 is 20.5 Å². The minimum absolute atomic E-state index is 0.00824. The number of aromatic amines is 1. The van der Waals surface area contributed by atoms with Gasteiger partial charge in [-0.15, -0.1) is 0 Å². The van der Waals surface area contributed by atoms with Gasteiger partial charge in [0.05, 0.1) is 22.2 Å². The molecule has 7 nitrogen and oxygen atoms in total. The number of amides is 3. The maximum Gasteiger partial charge on any atom is 0.416 e. The summed E-state index contributed by atoms with van der Waals surface area (Å²) in [6, 6.07) is 7.42. The molecule has 1 saturated carbocycles. The lowest BCUT2D eigenvalue weighted by Gasteiger charge is -2.59. The van der Waals surface area contributed by atoms with Crippen molar-refractivity contribution >= 4 is 28.7 Å². The zero-order chi connectivity index (χ0) is 22.5. The molecule has 166 valence electrons. The molecule has 1 aliphatic carbocycles. The van der Waals surface area contributed by atoms with Crippen molar-refractivity contribution in [2.75, 3.05) is 18.4 Å². The maximum absolute atomic E-state index is 12.8. The highest BCUT2D eigenvalue weighted by Crippen LogP contribution is 2.48. The van der Waals surface area contributed by atoms with Gasteiger partial charge in [-0.1, -0.05) is 6.07 Å². The zero-order valence-electron chi connectivity index (χ0n) is 16.9. The first-order valence-electron chi connectivity index (χ1n) is 10.2. The Labute approximate surface area is 181 Å². The van der Waals surface area contributed by atoms with E-state index in [9.17, 15) is 22.8 Å². The Morgan fingerprint density at radius 1 is 1.16 bits per heavy atom. The van der Waals surface area contributed by atoms with Gasteiger partial charge in [-0.25, -0.2) is 4.79 Å². The number of anilines is 1. The predicted molar refractivity (Wildman–Crippen MR) is 111 cm³/mol. The molecular formula is C22H20F3N5O2. The first-order valence-corrected chi connectivity index (χ1v) is 10.2. The normalized spacial score (nSPS) is 17.7. The Kier molecular flexibility index (Phi) is 4.61. The van der Waals surface area contributed by atoms with Gasteiger partial charge in [0.15, 0.2) is 0 Å². The molecule has 0 unspecified atom stereocenters. The van der Waals surface area contributed by atoms with E-state index in [0.29, 0.717) is 18.7 Å². The van der Waals surface area contributed by atoms with Gasteiger partial charge in [0.1, 0.15) is 0 Å². The fourth-order valence-corrected chi connectivity index (χ4v) is 4.69. The molecule has 1 aromatic carbocycles. The Morgan fingerprint density at radius 2 is 1.94 bits per heavy atom. The van der Waals surface area contributed by atoms with Gasteiger partial charge in [0.25, 0.3) is 5.91 Å². The number of alkyl halides is 3. The summed E-state index contributed by atoms with van der Waals surface area (Å²) in [5.41, 5.74) is 1.31. The molecule has 1 spiro atoms. The lowest BCUT2D eigenvalue weighted by Crippen LogP contribution is -2.67. The van der Waals surface area contributed by atoms with E-state index in [1.807, 2.05) is 6.07 Å². The minimum atomic E-state index is -4.47. The number of urea groups is 1. The van der Waals surface area contributed by atoms with Crippen LogP contribution in [0, 0.1) is 5.41 Å². The molecule has 3 amide bonds. The second-order valence-corrected chi connectivity index (χ2v) is 8.54. The fourth-order valence-electron chi connectivity index (χ4n) is 4.69. The zero-order valence-corrected chi connectivity index (χ0v) is 16.9. The molecule has 3 N–H and O–H groups in total. The summed E-state index contributed by atoms with van der Waals surface area (Å²) in [6.45, 7) is 1.23. The summed E-state index contributed by atoms with van der Waals surface area (Å²) in [7, 11) is 0. The van der Waals surface area contributed by atoms with Gasteiger partial charge in [-0.2, -0.15) is 13.2 Å². The van der Waals surface area contributed by atoms with E-state index in [1.54, 1.807) is 23.4 Å². The number of nitrogens with zero attached hydrogens (tertiary/aromatic N) is 2. The van der Waals surface area contributed by atoms with Crippen molar-refractivity contribution in [3.63, 3.8) is 0 Å². The molecule has 1 aliphatic heterocycles. The van der Waals surface area contributed by atoms with Crippen LogP contribution in [-0.4, -0.2) is 45.9 Å². The number of likely N-dealkylation sites (tertiary alicyclic amines) is 1. The lowest BCUT2D eigenvalue weighted by atomic mass is 9.60. The maximum atomic E-state index is 12.8. The Balaban J connectivity index is 1.12. The van der Waals surface area contributed by atoms with E-state index >= 15 is 0 Å². The Hall–Kier alpha value is -3.56. The summed E-state index contributed by atoms with van der Waals surface area (Å²) in [6.07, 6.45) is 0.344. The smallest absolute Gasteiger partial charge is 0.359 e. The molecule has 3 aromatic rings. The third-order valence-corrected chi connectivity index (χ3v) is 6.16. The van der Waals surface area contributed by atoms with Crippen LogP contribution in [0.25, 0.3) is 11.0 Å². The van der Waals surface area contributed by atoms with Crippen molar-refractivity contribution in [1.82, 2.24) is 20.2 Å². The number of halogens is 3. The summed E-state index contributed by atoms with van der Waals surface area (Å²) in [4.78, 5) is 34.1. The fraction of sp³-hybridized carbons (Fsp3) is 0.318. The number of rotatable bonds is 3. The van der Waals surface area contributed by atoms with Gasteiger partial charge in [-0.3, -0.25) is 9.78 Å². The van der Waals surface area contributed by atoms with Crippen molar-refractivity contribution in [3.05, 3.63) is 59.9 Å². The number of pyridine rings is 1. The second kappa shape index (κ2) is 7.25. The molecule has 0 radical (unpaired) electrons. The predicted octanol–water partition coefficient (Wildman–Crippen LogP) is 4.01. The van der Waals surface area contributed by atoms with Crippen molar-refractivity contribution in [3.8, 4) is 0 Å². The highest BCUT2D eigenvalue weighted by atomic mass is 19.4. The Morgan fingerprint density at radius 3 is 2.69 bits per heavy atom. The quantitative estimate of drug-likeness (QED) is 0.572. The molecule has 0 atom stereocenters. The third-order valence-electron chi connectivity index (χ3n) is 6.16. The van der Waals surface area contributed by atoms with Crippen LogP contribution in [-0.2, 0) is 6.18 Å². The second-order valence-electron chi connectivity index (χ2n) is 8.54. The van der Waals surface area contributed by atoms with Gasteiger partial charge in [0.2, 0.25) is 0 Å². The van der Waals surface area contributed by atoms with Crippen LogP contribution >= 0.6 is 0 Å². The molecule has 32 heavy (non-hydrogen) atoms. The molecular weight excluding hydrogens is 423 g/mol. The van der Waals surface area contributed by atoms with Crippen LogP contribution in [0.2, 0.25) is 0 Å². The van der Waals surface area contributed by atoms with Crippen molar-refractivity contribution in [2.24, 2.45) is 5.41 Å². The molecule has 2 aliphatic rings. The monoisotopic (exact) mass is 443 g/mol. The van der Waals surface area contributed by atoms with E-state index < -0.39 is 17.8 Å². The van der Waals surface area contributed by atoms with E-state index in [0.717, 1.165) is 36.0 Å². The van der Waals surface area contributed by atoms with Crippen molar-refractivity contribution in [2.45, 2.75) is 25.1 Å². The number of hydrogen-bond donors (Lipinski definition) is 3. The standard InChI is InChI=1S/C22H20F3N5O2/c23-22(24,25)13-2-1-3-14(8-13)28-20(32)29-15-9-21(10-15)11-30(12-21)19(31)16-4-6-26-17-5-7-27-18(16)17/h1-8,15,27H,9-12H2,(H2,28,29,32). The topological polar surface area (TPSA) is 90.1 Å². The highest BCUT2D eigenvalue weighted by molar-refractivity contribution is 6.05. The van der Waals surface area contributed by atoms with E-state index in [2.05, 4.69) is 20.6 Å². The van der Waals surface area contributed by atoms with E-state index in [4.69, 9.17) is 0 Å². The van der Waals surface area contributed by atoms with E-state index in [1.165, 1.54) is 12.1 Å². The molecule has 1 saturated heterocycles. The first-order chi connectivity index (χ1) is 15.2. The van der Waals surface area contributed by atoms with Crippen LogP contribution in [0.4, 0.5) is 23.7 Å². The SMILES string of the molecule is O=C(Nc1cccc(C(F)(F)F)c1)NC1CC2(C1)CN(C(=O)c1ccnc3cc[nH]c13)C2. The van der Waals surface area contributed by atoms with Gasteiger partial charge >= 0.3 is 12.2 Å². The van der Waals surface area contributed by atoms with Crippen molar-refractivity contribution in [1.29, 1.82) is 0 Å². The average molecular weight is 443 g/mol. The van der Waals surface area contributed by atoms with Crippen LogP contribution in [0.1, 0.15) is 28.8 Å². The number of carbonyl (C=O) groups excluding carboxylic acids is 2. The minimum Gasteiger partial charge on any atom is -0.359 e. The number of carbonyl (C=O) groups is 2. The first kappa shape index (κ1) is 20.3. The molecule has 10 heteroatoms. The summed E-state index contributed by atoms with van der Waals surface area (Å²) in [5, 5.41) is 5.25. The van der Waals surface area contributed by atoms with Crippen LogP contribution < -0.4 is 10.6 Å². The van der Waals surface area contributed by atoms with Crippen LogP contribution in [0.3, 0.4) is 0 Å². The summed E-state index contributed by atoms with van der Waals surface area (Å²) >= 11 is 0. The van der Waals surface area contributed by atoms with Crippen LogP contribution in [0.5, 0.6) is 0 Å². The molecule has 2 fully saturated rings. The number of benzene rings is 1. The molecule has 5 rings (SSSR count). The van der Waals surface area contributed by atoms with Crippen molar-refractivity contribution < 1.29 is 22.8 Å². The largest absolute Gasteiger partial charge is 0.416 e. The Bertz CT molecular complexity index is 1190. The highest BCUT2D eigenvalue weighted by Gasteiger charge is 2.54. The van der Waals surface area contributed by atoms with Gasteiger partial charge in [-0.05, 0) is 43.2 Å². The average Bonchev–Trinajstić information content (AvgIpc) is 3.16. The van der Waals surface area contributed by atoms with Gasteiger partial charge in [0, 0.05) is 42.6 Å². The number of H-pyrrole nitrogens is 1. The lowest BCUT2D eigenvalue weighted by molar-refractivity contribution is -0.137. The summed E-state index contributed by atoms with van der Waals surface area (Å²) < 4.78 is 38.4. The number of fused-ring (bicyclic) bond motifs is 1. The molecule has 2 aromatic heterocycles. The number of hydrogen-bond acceptors (Lipinski definition) is 3. The van der Waals surface area contributed by atoms with E-state index in [-0.39, 0.29) is 23.1 Å². The summed E-state index contributed by atoms with van der Waals surface area (Å²) in [5.74, 6) is -0.0517. The number of aromatic nitrogens is 2. The molecule has 0 bridgehead atoms. The third kappa shape index (κ3) is 3.65. The van der Waals surface area contributed by atoms with Crippen LogP contribution in [0.15, 0.2) is 48.8 Å². The molecule has 3 heterocycles. The number of nitrogens with one attached hydrogen (secondary N) is 3.